The van der Waals surface area contributed by atoms with Crippen LogP contribution in [-0.4, -0.2) is 21.8 Å². The Morgan fingerprint density at radius 3 is 2.00 bits per heavy atom. The van der Waals surface area contributed by atoms with Gasteiger partial charge in [0.2, 0.25) is 0 Å². The molecule has 0 aromatic carbocycles. The summed E-state index contributed by atoms with van der Waals surface area (Å²) in [6, 6.07) is 1.22. The molecule has 0 aliphatic heterocycles. The molecule has 0 saturated heterocycles. The van der Waals surface area contributed by atoms with Crippen LogP contribution in [0.4, 0.5) is 0 Å². The maximum Gasteiger partial charge on any atom is 0.341 e. The van der Waals surface area contributed by atoms with Crippen molar-refractivity contribution in [3.05, 3.63) is 0 Å². The highest BCUT2D eigenvalue weighted by Gasteiger charge is 2.49. The van der Waals surface area contributed by atoms with E-state index >= 15 is 0 Å². The summed E-state index contributed by atoms with van der Waals surface area (Å²) in [4.78, 5) is 0. The van der Waals surface area contributed by atoms with Crippen molar-refractivity contribution in [2.45, 2.75) is 97.1 Å². The fourth-order valence-electron chi connectivity index (χ4n) is 3.73. The Balaban J connectivity index is 2.74. The van der Waals surface area contributed by atoms with Gasteiger partial charge >= 0.3 is 8.56 Å². The van der Waals surface area contributed by atoms with Gasteiger partial charge in [-0.05, 0) is 31.2 Å². The monoisotopic (exact) mass is 314 g/mol. The van der Waals surface area contributed by atoms with Gasteiger partial charge < -0.3 is 8.85 Å². The summed E-state index contributed by atoms with van der Waals surface area (Å²) in [6.07, 6.45) is 11.6. The van der Waals surface area contributed by atoms with Crippen LogP contribution in [-0.2, 0) is 8.85 Å². The van der Waals surface area contributed by atoms with Crippen molar-refractivity contribution in [2.75, 3.05) is 13.2 Å². The van der Waals surface area contributed by atoms with E-state index in [4.69, 9.17) is 8.85 Å². The van der Waals surface area contributed by atoms with Crippen molar-refractivity contribution in [1.82, 2.24) is 0 Å². The molecule has 2 nitrogen and oxygen atoms in total. The summed E-state index contributed by atoms with van der Waals surface area (Å²) in [7, 11) is -2.02. The smallest absolute Gasteiger partial charge is 0.341 e. The molecule has 1 saturated carbocycles. The van der Waals surface area contributed by atoms with E-state index in [2.05, 4.69) is 27.7 Å². The lowest BCUT2D eigenvalue weighted by Crippen LogP contribution is -2.48. The second-order valence-electron chi connectivity index (χ2n) is 6.83. The van der Waals surface area contributed by atoms with Gasteiger partial charge in [-0.2, -0.15) is 0 Å². The lowest BCUT2D eigenvalue weighted by molar-refractivity contribution is 0.151. The molecule has 1 fully saturated rings. The Morgan fingerprint density at radius 1 is 0.857 bits per heavy atom. The second-order valence-corrected chi connectivity index (χ2v) is 10.3. The van der Waals surface area contributed by atoms with Gasteiger partial charge in [0.15, 0.2) is 0 Å². The van der Waals surface area contributed by atoms with E-state index in [1.165, 1.54) is 51.0 Å². The number of rotatable bonds is 12. The third kappa shape index (κ3) is 6.03. The van der Waals surface area contributed by atoms with E-state index in [0.717, 1.165) is 37.5 Å². The quantitative estimate of drug-likeness (QED) is 0.322. The van der Waals surface area contributed by atoms with Gasteiger partial charge in [-0.3, -0.25) is 0 Å². The Bertz CT molecular complexity index is 250. The van der Waals surface area contributed by atoms with Crippen LogP contribution in [0.25, 0.3) is 0 Å². The van der Waals surface area contributed by atoms with Gasteiger partial charge in [-0.25, -0.2) is 0 Å². The highest BCUT2D eigenvalue weighted by atomic mass is 28.4. The predicted molar refractivity (Wildman–Crippen MR) is 94.0 cm³/mol. The molecule has 126 valence electrons. The Morgan fingerprint density at radius 2 is 1.52 bits per heavy atom. The first-order valence-corrected chi connectivity index (χ1v) is 11.6. The van der Waals surface area contributed by atoms with Crippen LogP contribution in [0, 0.1) is 5.92 Å². The van der Waals surface area contributed by atoms with Gasteiger partial charge in [0.05, 0.1) is 0 Å². The fourth-order valence-corrected chi connectivity index (χ4v) is 8.42. The average molecular weight is 315 g/mol. The third-order valence-corrected chi connectivity index (χ3v) is 9.33. The molecule has 0 spiro atoms. The standard InChI is InChI=1S/C18H38O2Si/c1-5-8-9-10-16-21(19-14-6-2,20-15-7-3)18-13-11-12-17(18)4/h17-18H,5-16H2,1-4H3. The Kier molecular flexibility index (Phi) is 9.86. The van der Waals surface area contributed by atoms with E-state index in [1.54, 1.807) is 0 Å². The van der Waals surface area contributed by atoms with Crippen LogP contribution < -0.4 is 0 Å². The Hall–Kier alpha value is 0.137. The normalized spacial score (nSPS) is 22.9. The van der Waals surface area contributed by atoms with Crippen LogP contribution in [0.15, 0.2) is 0 Å². The molecule has 21 heavy (non-hydrogen) atoms. The van der Waals surface area contributed by atoms with E-state index in [1.807, 2.05) is 0 Å². The molecule has 1 aliphatic carbocycles. The maximum atomic E-state index is 6.53. The number of hydrogen-bond acceptors (Lipinski definition) is 2. The minimum Gasteiger partial charge on any atom is -0.394 e. The van der Waals surface area contributed by atoms with E-state index in [-0.39, 0.29) is 0 Å². The molecule has 1 aliphatic rings. The molecule has 2 atom stereocenters. The summed E-state index contributed by atoms with van der Waals surface area (Å²) >= 11 is 0. The SMILES string of the molecule is CCCCCC[Si](OCCC)(OCCC)C1CCCC1C. The summed E-state index contributed by atoms with van der Waals surface area (Å²) in [5.74, 6) is 0.802. The molecule has 3 heteroatoms. The summed E-state index contributed by atoms with van der Waals surface area (Å²) < 4.78 is 13.1. The van der Waals surface area contributed by atoms with Gasteiger partial charge in [-0.15, -0.1) is 0 Å². The average Bonchev–Trinajstić information content (AvgIpc) is 2.93. The highest BCUT2D eigenvalue weighted by molar-refractivity contribution is 6.69. The first kappa shape index (κ1) is 19.2. The van der Waals surface area contributed by atoms with Gasteiger partial charge in [0, 0.05) is 18.8 Å². The van der Waals surface area contributed by atoms with Crippen LogP contribution in [0.3, 0.4) is 0 Å². The van der Waals surface area contributed by atoms with Gasteiger partial charge in [0.25, 0.3) is 0 Å². The maximum absolute atomic E-state index is 6.53. The predicted octanol–water partition coefficient (Wildman–Crippen LogP) is 6.05. The number of unbranched alkanes of at least 4 members (excludes halogenated alkanes) is 3. The molecular formula is C18H38O2Si. The summed E-state index contributed by atoms with van der Waals surface area (Å²) in [5.41, 5.74) is 0.734. The molecular weight excluding hydrogens is 276 g/mol. The van der Waals surface area contributed by atoms with Gasteiger partial charge in [-0.1, -0.05) is 66.2 Å². The first-order valence-electron chi connectivity index (χ1n) is 9.48. The van der Waals surface area contributed by atoms with Crippen LogP contribution in [0.2, 0.25) is 11.6 Å². The molecule has 0 bridgehead atoms. The van der Waals surface area contributed by atoms with Crippen LogP contribution in [0.5, 0.6) is 0 Å². The number of hydrogen-bond donors (Lipinski definition) is 0. The molecule has 0 N–H and O–H groups in total. The third-order valence-electron chi connectivity index (χ3n) is 4.91. The fraction of sp³-hybridized carbons (Fsp3) is 1.00. The lowest BCUT2D eigenvalue weighted by atomic mass is 10.1. The van der Waals surface area contributed by atoms with Crippen molar-refractivity contribution in [3.8, 4) is 0 Å². The first-order chi connectivity index (χ1) is 10.2. The largest absolute Gasteiger partial charge is 0.394 e. The summed E-state index contributed by atoms with van der Waals surface area (Å²) in [6.45, 7) is 10.9. The zero-order valence-electron chi connectivity index (χ0n) is 15.0. The highest BCUT2D eigenvalue weighted by Crippen LogP contribution is 2.46. The van der Waals surface area contributed by atoms with Crippen molar-refractivity contribution < 1.29 is 8.85 Å². The second kappa shape index (κ2) is 10.8. The van der Waals surface area contributed by atoms with Crippen LogP contribution in [0.1, 0.15) is 85.5 Å². The minimum atomic E-state index is -2.02. The zero-order valence-corrected chi connectivity index (χ0v) is 16.0. The molecule has 0 radical (unpaired) electrons. The van der Waals surface area contributed by atoms with E-state index in [9.17, 15) is 0 Å². The molecule has 0 aromatic rings. The Labute approximate surface area is 134 Å². The van der Waals surface area contributed by atoms with E-state index < -0.39 is 8.56 Å². The molecule has 0 heterocycles. The van der Waals surface area contributed by atoms with Crippen molar-refractivity contribution in [3.63, 3.8) is 0 Å². The topological polar surface area (TPSA) is 18.5 Å². The molecule has 0 aromatic heterocycles. The van der Waals surface area contributed by atoms with Crippen LogP contribution >= 0.6 is 0 Å². The zero-order chi connectivity index (χ0) is 15.6. The van der Waals surface area contributed by atoms with Crippen molar-refractivity contribution in [1.29, 1.82) is 0 Å². The lowest BCUT2D eigenvalue weighted by Gasteiger charge is -2.38. The molecule has 1 rings (SSSR count). The van der Waals surface area contributed by atoms with Gasteiger partial charge in [0.1, 0.15) is 0 Å². The van der Waals surface area contributed by atoms with Crippen molar-refractivity contribution in [2.24, 2.45) is 5.92 Å². The van der Waals surface area contributed by atoms with E-state index in [0.29, 0.717) is 0 Å². The molecule has 2 unspecified atom stereocenters. The molecule has 0 amide bonds. The summed E-state index contributed by atoms with van der Waals surface area (Å²) in [5, 5.41) is 0. The van der Waals surface area contributed by atoms with Crippen molar-refractivity contribution >= 4 is 8.56 Å². The minimum absolute atomic E-state index is 0.734.